The highest BCUT2D eigenvalue weighted by molar-refractivity contribution is 5.94. The molecule has 1 amide bonds. The Kier molecular flexibility index (Phi) is 6.43. The second-order valence-electron chi connectivity index (χ2n) is 4.23. The van der Waals surface area contributed by atoms with Crippen molar-refractivity contribution < 1.29 is 22.4 Å². The number of halogens is 5. The molecule has 1 aromatic carbocycles. The lowest BCUT2D eigenvalue weighted by molar-refractivity contribution is -0.137. The number of nitrogens with zero attached hydrogens (tertiary/aromatic N) is 1. The highest BCUT2D eigenvalue weighted by Crippen LogP contribution is 2.30. The van der Waals surface area contributed by atoms with Gasteiger partial charge >= 0.3 is 6.18 Å². The van der Waals surface area contributed by atoms with Gasteiger partial charge in [0.25, 0.3) is 5.91 Å². The lowest BCUT2D eigenvalue weighted by Crippen LogP contribution is -2.39. The van der Waals surface area contributed by atoms with Gasteiger partial charge in [0.15, 0.2) is 0 Å². The van der Waals surface area contributed by atoms with Gasteiger partial charge in [-0.05, 0) is 25.1 Å². The van der Waals surface area contributed by atoms with E-state index in [0.29, 0.717) is 12.1 Å². The van der Waals surface area contributed by atoms with Crippen LogP contribution in [0, 0.1) is 5.82 Å². The minimum Gasteiger partial charge on any atom is -0.338 e. The SMILES string of the molecule is CC(CN)N(C)C(=O)c1cc(F)cc(C(F)(F)F)c1.Cl. The third kappa shape index (κ3) is 4.35. The maximum atomic E-state index is 13.2. The molecule has 1 atom stereocenters. The van der Waals surface area contributed by atoms with Crippen molar-refractivity contribution in [1.29, 1.82) is 0 Å². The van der Waals surface area contributed by atoms with E-state index in [1.807, 2.05) is 0 Å². The maximum absolute atomic E-state index is 13.2. The quantitative estimate of drug-likeness (QED) is 0.872. The molecule has 0 aliphatic rings. The number of benzene rings is 1. The zero-order valence-electron chi connectivity index (χ0n) is 10.9. The topological polar surface area (TPSA) is 46.3 Å². The standard InChI is InChI=1S/C12H14F4N2O.ClH/c1-7(6-17)18(2)11(19)8-3-9(12(14,15)16)5-10(13)4-8;/h3-5,7H,6,17H2,1-2H3;1H. The Labute approximate surface area is 120 Å². The molecule has 1 rings (SSSR count). The van der Waals surface area contributed by atoms with Crippen LogP contribution in [0.2, 0.25) is 0 Å². The van der Waals surface area contributed by atoms with E-state index < -0.39 is 23.5 Å². The molecule has 0 aromatic heterocycles. The summed E-state index contributed by atoms with van der Waals surface area (Å²) in [6.45, 7) is 1.80. The average molecular weight is 315 g/mol. The van der Waals surface area contributed by atoms with Gasteiger partial charge in [0.1, 0.15) is 5.82 Å². The van der Waals surface area contributed by atoms with Crippen LogP contribution in [0.3, 0.4) is 0 Å². The fourth-order valence-electron chi connectivity index (χ4n) is 1.44. The van der Waals surface area contributed by atoms with E-state index in [0.717, 1.165) is 6.07 Å². The molecule has 20 heavy (non-hydrogen) atoms. The van der Waals surface area contributed by atoms with Crippen LogP contribution in [0.4, 0.5) is 17.6 Å². The number of nitrogens with two attached hydrogens (primary N) is 1. The van der Waals surface area contributed by atoms with Gasteiger partial charge in [-0.25, -0.2) is 4.39 Å². The normalized spacial score (nSPS) is 12.6. The van der Waals surface area contributed by atoms with Gasteiger partial charge in [0, 0.05) is 25.2 Å². The summed E-state index contributed by atoms with van der Waals surface area (Å²) in [5, 5.41) is 0. The molecule has 8 heteroatoms. The van der Waals surface area contributed by atoms with E-state index in [9.17, 15) is 22.4 Å². The van der Waals surface area contributed by atoms with Crippen molar-refractivity contribution >= 4 is 18.3 Å². The van der Waals surface area contributed by atoms with E-state index in [4.69, 9.17) is 5.73 Å². The van der Waals surface area contributed by atoms with Crippen molar-refractivity contribution in [2.75, 3.05) is 13.6 Å². The Morgan fingerprint density at radius 2 is 1.90 bits per heavy atom. The first-order valence-corrected chi connectivity index (χ1v) is 5.51. The van der Waals surface area contributed by atoms with Gasteiger partial charge in [-0.2, -0.15) is 13.2 Å². The second kappa shape index (κ2) is 6.90. The van der Waals surface area contributed by atoms with Gasteiger partial charge in [0.2, 0.25) is 0 Å². The summed E-state index contributed by atoms with van der Waals surface area (Å²) < 4.78 is 50.7. The lowest BCUT2D eigenvalue weighted by atomic mass is 10.1. The number of hydrogen-bond acceptors (Lipinski definition) is 2. The number of likely N-dealkylation sites (N-methyl/N-ethyl adjacent to an activating group) is 1. The molecule has 0 spiro atoms. The van der Waals surface area contributed by atoms with E-state index in [-0.39, 0.29) is 30.6 Å². The van der Waals surface area contributed by atoms with Crippen molar-refractivity contribution in [1.82, 2.24) is 4.90 Å². The minimum absolute atomic E-state index is 0. The molecule has 1 aromatic rings. The van der Waals surface area contributed by atoms with E-state index in [1.165, 1.54) is 11.9 Å². The molecule has 0 fully saturated rings. The minimum atomic E-state index is -4.70. The van der Waals surface area contributed by atoms with Crippen LogP contribution >= 0.6 is 12.4 Å². The molecular formula is C12H15ClF4N2O. The van der Waals surface area contributed by atoms with Crippen LogP contribution in [0.5, 0.6) is 0 Å². The Morgan fingerprint density at radius 3 is 2.35 bits per heavy atom. The fourth-order valence-corrected chi connectivity index (χ4v) is 1.44. The van der Waals surface area contributed by atoms with E-state index >= 15 is 0 Å². The summed E-state index contributed by atoms with van der Waals surface area (Å²) in [7, 11) is 1.40. The van der Waals surface area contributed by atoms with Crippen LogP contribution in [0.15, 0.2) is 18.2 Å². The third-order valence-electron chi connectivity index (χ3n) is 2.79. The van der Waals surface area contributed by atoms with E-state index in [1.54, 1.807) is 6.92 Å². The molecule has 0 saturated heterocycles. The zero-order valence-corrected chi connectivity index (χ0v) is 11.7. The number of amides is 1. The molecule has 0 aliphatic carbocycles. The highest BCUT2D eigenvalue weighted by atomic mass is 35.5. The summed E-state index contributed by atoms with van der Waals surface area (Å²) in [5.74, 6) is -1.81. The zero-order chi connectivity index (χ0) is 14.8. The monoisotopic (exact) mass is 314 g/mol. The molecule has 0 radical (unpaired) electrons. The van der Waals surface area contributed by atoms with Crippen LogP contribution in [0.25, 0.3) is 0 Å². The first-order valence-electron chi connectivity index (χ1n) is 5.51. The third-order valence-corrected chi connectivity index (χ3v) is 2.79. The Hall–Kier alpha value is -1.34. The molecule has 0 aliphatic heterocycles. The van der Waals surface area contributed by atoms with E-state index in [2.05, 4.69) is 0 Å². The van der Waals surface area contributed by atoms with Gasteiger partial charge in [-0.15, -0.1) is 12.4 Å². The van der Waals surface area contributed by atoms with Gasteiger partial charge < -0.3 is 10.6 Å². The summed E-state index contributed by atoms with van der Waals surface area (Å²) in [6, 6.07) is 1.40. The second-order valence-corrected chi connectivity index (χ2v) is 4.23. The number of carbonyl (C=O) groups is 1. The predicted molar refractivity (Wildman–Crippen MR) is 69.3 cm³/mol. The molecule has 2 N–H and O–H groups in total. The van der Waals surface area contributed by atoms with Crippen molar-refractivity contribution in [3.05, 3.63) is 35.1 Å². The molecular weight excluding hydrogens is 300 g/mol. The largest absolute Gasteiger partial charge is 0.416 e. The van der Waals surface area contributed by atoms with Crippen LogP contribution in [-0.2, 0) is 6.18 Å². The van der Waals surface area contributed by atoms with Gasteiger partial charge in [-0.3, -0.25) is 4.79 Å². The molecule has 0 heterocycles. The first kappa shape index (κ1) is 18.7. The number of alkyl halides is 3. The van der Waals surface area contributed by atoms with Crippen LogP contribution in [0.1, 0.15) is 22.8 Å². The van der Waals surface area contributed by atoms with Crippen molar-refractivity contribution in [3.63, 3.8) is 0 Å². The Morgan fingerprint density at radius 1 is 1.35 bits per heavy atom. The van der Waals surface area contributed by atoms with Crippen LogP contribution in [-0.4, -0.2) is 30.4 Å². The Balaban J connectivity index is 0.00000361. The Bertz CT molecular complexity index is 479. The molecule has 0 bridgehead atoms. The van der Waals surface area contributed by atoms with Crippen LogP contribution < -0.4 is 5.73 Å². The molecule has 0 saturated carbocycles. The highest BCUT2D eigenvalue weighted by Gasteiger charge is 2.32. The molecule has 1 unspecified atom stereocenters. The summed E-state index contributed by atoms with van der Waals surface area (Å²) >= 11 is 0. The maximum Gasteiger partial charge on any atom is 0.416 e. The average Bonchev–Trinajstić information content (AvgIpc) is 2.34. The van der Waals surface area contributed by atoms with Gasteiger partial charge in [0.05, 0.1) is 5.56 Å². The summed E-state index contributed by atoms with van der Waals surface area (Å²) in [5.41, 5.74) is 3.83. The summed E-state index contributed by atoms with van der Waals surface area (Å²) in [6.07, 6.45) is -4.70. The lowest BCUT2D eigenvalue weighted by Gasteiger charge is -2.24. The van der Waals surface area contributed by atoms with Crippen molar-refractivity contribution in [3.8, 4) is 0 Å². The number of hydrogen-bond donors (Lipinski definition) is 1. The van der Waals surface area contributed by atoms with Gasteiger partial charge in [-0.1, -0.05) is 0 Å². The predicted octanol–water partition coefficient (Wildman–Crippen LogP) is 2.69. The number of rotatable bonds is 3. The fraction of sp³-hybridized carbons (Fsp3) is 0.417. The molecule has 114 valence electrons. The summed E-state index contributed by atoms with van der Waals surface area (Å²) in [4.78, 5) is 13.1. The number of carbonyl (C=O) groups excluding carboxylic acids is 1. The smallest absolute Gasteiger partial charge is 0.338 e. The van der Waals surface area contributed by atoms with Crippen molar-refractivity contribution in [2.45, 2.75) is 19.1 Å². The first-order chi connectivity index (χ1) is 8.66. The molecule has 3 nitrogen and oxygen atoms in total. The van der Waals surface area contributed by atoms with Crippen molar-refractivity contribution in [2.24, 2.45) is 5.73 Å².